The van der Waals surface area contributed by atoms with Crippen molar-refractivity contribution in [3.63, 3.8) is 0 Å². The van der Waals surface area contributed by atoms with Gasteiger partial charge in [0.15, 0.2) is 0 Å². The molecule has 2 fully saturated rings. The van der Waals surface area contributed by atoms with E-state index < -0.39 is 0 Å². The third kappa shape index (κ3) is 3.12. The lowest BCUT2D eigenvalue weighted by Crippen LogP contribution is -2.41. The van der Waals surface area contributed by atoms with Gasteiger partial charge >= 0.3 is 0 Å². The van der Waals surface area contributed by atoms with Crippen LogP contribution in [0.25, 0.3) is 0 Å². The van der Waals surface area contributed by atoms with Crippen LogP contribution < -0.4 is 9.47 Å². The van der Waals surface area contributed by atoms with Gasteiger partial charge < -0.3 is 9.47 Å². The number of imide groups is 1. The largest absolute Gasteiger partial charge is 0.497 e. The lowest BCUT2D eigenvalue weighted by molar-refractivity contribution is -0.142. The van der Waals surface area contributed by atoms with Crippen molar-refractivity contribution in [3.8, 4) is 11.5 Å². The first-order valence-electron chi connectivity index (χ1n) is 9.60. The second-order valence-corrected chi connectivity index (χ2v) is 7.48. The third-order valence-electron chi connectivity index (χ3n) is 6.09. The fourth-order valence-corrected chi connectivity index (χ4v) is 4.63. The predicted molar refractivity (Wildman–Crippen MR) is 100 cm³/mol. The average molecular weight is 370 g/mol. The molecule has 0 radical (unpaired) electrons. The molecule has 2 aliphatic heterocycles. The van der Waals surface area contributed by atoms with Crippen LogP contribution in [0.5, 0.6) is 11.5 Å². The number of nitrogens with zero attached hydrogens (tertiary/aromatic N) is 2. The molecule has 27 heavy (non-hydrogen) atoms. The zero-order chi connectivity index (χ0) is 19.0. The fourth-order valence-electron chi connectivity index (χ4n) is 4.63. The number of amides is 2. The van der Waals surface area contributed by atoms with Gasteiger partial charge in [-0.1, -0.05) is 18.2 Å². The van der Waals surface area contributed by atoms with E-state index in [0.717, 1.165) is 36.4 Å². The van der Waals surface area contributed by atoms with Gasteiger partial charge in [0, 0.05) is 24.2 Å². The summed E-state index contributed by atoms with van der Waals surface area (Å²) in [5.41, 5.74) is 1.08. The van der Waals surface area contributed by atoms with E-state index in [1.54, 1.807) is 14.2 Å². The topological polar surface area (TPSA) is 59.1 Å². The maximum Gasteiger partial charge on any atom is 0.234 e. The Kier molecular flexibility index (Phi) is 4.91. The van der Waals surface area contributed by atoms with Crippen LogP contribution in [-0.2, 0) is 9.59 Å². The van der Waals surface area contributed by atoms with Crippen LogP contribution in [0, 0.1) is 11.8 Å². The van der Waals surface area contributed by atoms with E-state index in [4.69, 9.17) is 9.47 Å². The monoisotopic (exact) mass is 370 g/mol. The minimum absolute atomic E-state index is 0.0123. The molecule has 6 heteroatoms. The zero-order valence-corrected chi connectivity index (χ0v) is 15.9. The maximum absolute atomic E-state index is 12.8. The molecule has 0 spiro atoms. The SMILES string of the molecule is COc1ccc([C@H]2CCCN2CN2C(=O)[C@H]3CC=CC[C@H]3C2=O)c(OC)c1. The van der Waals surface area contributed by atoms with E-state index in [1.165, 1.54) is 4.90 Å². The highest BCUT2D eigenvalue weighted by molar-refractivity contribution is 6.05. The molecule has 0 unspecified atom stereocenters. The average Bonchev–Trinajstić information content (AvgIpc) is 3.26. The fraction of sp³-hybridized carbons (Fsp3) is 0.524. The number of rotatable bonds is 5. The molecule has 4 rings (SSSR count). The lowest BCUT2D eigenvalue weighted by Gasteiger charge is -2.29. The summed E-state index contributed by atoms with van der Waals surface area (Å²) in [6, 6.07) is 5.98. The van der Waals surface area contributed by atoms with Gasteiger partial charge in [-0.25, -0.2) is 0 Å². The molecule has 3 aliphatic rings. The van der Waals surface area contributed by atoms with E-state index >= 15 is 0 Å². The minimum atomic E-state index is -0.168. The molecule has 1 aromatic rings. The number of benzene rings is 1. The van der Waals surface area contributed by atoms with E-state index in [0.29, 0.717) is 19.5 Å². The van der Waals surface area contributed by atoms with E-state index in [9.17, 15) is 9.59 Å². The maximum atomic E-state index is 12.8. The van der Waals surface area contributed by atoms with Crippen LogP contribution in [0.15, 0.2) is 30.4 Å². The van der Waals surface area contributed by atoms with Crippen molar-refractivity contribution in [2.45, 2.75) is 31.7 Å². The predicted octanol–water partition coefficient (Wildman–Crippen LogP) is 2.75. The summed E-state index contributed by atoms with van der Waals surface area (Å²) >= 11 is 0. The Hall–Kier alpha value is -2.34. The number of allylic oxidation sites excluding steroid dienone is 2. The molecule has 3 atom stereocenters. The number of ether oxygens (including phenoxy) is 2. The summed E-state index contributed by atoms with van der Waals surface area (Å²) in [6.45, 7) is 1.23. The molecule has 2 amide bonds. The van der Waals surface area contributed by atoms with Crippen LogP contribution in [0.1, 0.15) is 37.3 Å². The van der Waals surface area contributed by atoms with E-state index in [2.05, 4.69) is 4.90 Å². The number of hydrogen-bond donors (Lipinski definition) is 0. The molecular weight excluding hydrogens is 344 g/mol. The Morgan fingerprint density at radius 1 is 1.04 bits per heavy atom. The highest BCUT2D eigenvalue weighted by Crippen LogP contribution is 2.40. The number of carbonyl (C=O) groups excluding carboxylic acids is 2. The number of fused-ring (bicyclic) bond motifs is 1. The van der Waals surface area contributed by atoms with Crippen molar-refractivity contribution in [1.29, 1.82) is 0 Å². The molecule has 0 saturated carbocycles. The lowest BCUT2D eigenvalue weighted by atomic mass is 9.85. The van der Waals surface area contributed by atoms with Gasteiger partial charge in [-0.2, -0.15) is 0 Å². The number of carbonyl (C=O) groups is 2. The summed E-state index contributed by atoms with van der Waals surface area (Å²) in [5.74, 6) is 1.17. The Bertz CT molecular complexity index is 749. The first kappa shape index (κ1) is 18.0. The quantitative estimate of drug-likeness (QED) is 0.589. The molecule has 1 aromatic carbocycles. The van der Waals surface area contributed by atoms with Crippen LogP contribution in [0.3, 0.4) is 0 Å². The van der Waals surface area contributed by atoms with Gasteiger partial charge in [-0.15, -0.1) is 0 Å². The Morgan fingerprint density at radius 3 is 2.37 bits per heavy atom. The molecule has 2 saturated heterocycles. The van der Waals surface area contributed by atoms with E-state index in [-0.39, 0.29) is 29.7 Å². The summed E-state index contributed by atoms with van der Waals surface area (Å²) < 4.78 is 10.9. The van der Waals surface area contributed by atoms with Crippen molar-refractivity contribution >= 4 is 11.8 Å². The molecule has 1 aliphatic carbocycles. The molecule has 6 nitrogen and oxygen atoms in total. The normalized spacial score (nSPS) is 27.9. The summed E-state index contributed by atoms with van der Waals surface area (Å²) in [5, 5.41) is 0. The second-order valence-electron chi connectivity index (χ2n) is 7.48. The van der Waals surface area contributed by atoms with Crippen LogP contribution in [0.2, 0.25) is 0 Å². The molecule has 0 bridgehead atoms. The molecule has 0 N–H and O–H groups in total. The summed E-state index contributed by atoms with van der Waals surface area (Å²) in [6.07, 6.45) is 7.42. The van der Waals surface area contributed by atoms with Crippen molar-refractivity contribution < 1.29 is 19.1 Å². The number of likely N-dealkylation sites (tertiary alicyclic amines) is 2. The molecule has 2 heterocycles. The van der Waals surface area contributed by atoms with Crippen LogP contribution in [0.4, 0.5) is 0 Å². The van der Waals surface area contributed by atoms with Crippen molar-refractivity contribution in [2.24, 2.45) is 11.8 Å². The van der Waals surface area contributed by atoms with Crippen LogP contribution in [-0.4, -0.2) is 49.0 Å². The van der Waals surface area contributed by atoms with E-state index in [1.807, 2.05) is 30.4 Å². The minimum Gasteiger partial charge on any atom is -0.497 e. The van der Waals surface area contributed by atoms with Gasteiger partial charge in [0.05, 0.1) is 32.7 Å². The smallest absolute Gasteiger partial charge is 0.234 e. The molecule has 144 valence electrons. The van der Waals surface area contributed by atoms with Crippen molar-refractivity contribution in [2.75, 3.05) is 27.4 Å². The molecule has 0 aromatic heterocycles. The summed E-state index contributed by atoms with van der Waals surface area (Å²) in [7, 11) is 3.29. The van der Waals surface area contributed by atoms with Gasteiger partial charge in [-0.05, 0) is 31.7 Å². The summed E-state index contributed by atoms with van der Waals surface area (Å²) in [4.78, 5) is 29.3. The number of methoxy groups -OCH3 is 2. The second kappa shape index (κ2) is 7.35. The Balaban J connectivity index is 1.54. The first-order chi connectivity index (χ1) is 13.1. The third-order valence-corrected chi connectivity index (χ3v) is 6.09. The highest BCUT2D eigenvalue weighted by atomic mass is 16.5. The zero-order valence-electron chi connectivity index (χ0n) is 15.9. The van der Waals surface area contributed by atoms with Gasteiger partial charge in [0.25, 0.3) is 0 Å². The molecular formula is C21H26N2O4. The van der Waals surface area contributed by atoms with Crippen molar-refractivity contribution in [1.82, 2.24) is 9.80 Å². The van der Waals surface area contributed by atoms with Gasteiger partial charge in [0.1, 0.15) is 11.5 Å². The van der Waals surface area contributed by atoms with Gasteiger partial charge in [0.2, 0.25) is 11.8 Å². The standard InChI is InChI=1S/C21H26N2O4/c1-26-14-9-10-17(19(12-14)27-2)18-8-5-11-22(18)13-23-20(24)15-6-3-4-7-16(15)21(23)25/h3-4,9-10,12,15-16,18H,5-8,11,13H2,1-2H3/t15-,16+,18-/m1/s1. The Morgan fingerprint density at radius 2 is 1.74 bits per heavy atom. The first-order valence-corrected chi connectivity index (χ1v) is 9.60. The van der Waals surface area contributed by atoms with Gasteiger partial charge in [-0.3, -0.25) is 19.4 Å². The Labute approximate surface area is 159 Å². The number of hydrogen-bond acceptors (Lipinski definition) is 5. The van der Waals surface area contributed by atoms with Crippen LogP contribution >= 0.6 is 0 Å². The van der Waals surface area contributed by atoms with Crippen molar-refractivity contribution in [3.05, 3.63) is 35.9 Å². The highest BCUT2D eigenvalue weighted by Gasteiger charge is 2.48.